The number of nitrogens with zero attached hydrogens (tertiary/aromatic N) is 2. The highest BCUT2D eigenvalue weighted by Gasteiger charge is 2.13. The van der Waals surface area contributed by atoms with E-state index < -0.39 is 0 Å². The van der Waals surface area contributed by atoms with Gasteiger partial charge in [-0.25, -0.2) is 4.39 Å². The van der Waals surface area contributed by atoms with Gasteiger partial charge in [0, 0.05) is 18.7 Å². The molecular formula is C14H18BrFN2O. The third kappa shape index (κ3) is 3.88. The van der Waals surface area contributed by atoms with E-state index in [2.05, 4.69) is 21.0 Å². The topological polar surface area (TPSA) is 38.0 Å². The Morgan fingerprint density at radius 2 is 1.79 bits per heavy atom. The van der Waals surface area contributed by atoms with Gasteiger partial charge in [-0.2, -0.15) is 5.10 Å². The first-order valence-electron chi connectivity index (χ1n) is 6.14. The van der Waals surface area contributed by atoms with Crippen molar-refractivity contribution in [3.63, 3.8) is 0 Å². The molecule has 0 saturated heterocycles. The zero-order valence-corrected chi connectivity index (χ0v) is 12.9. The monoisotopic (exact) mass is 328 g/mol. The van der Waals surface area contributed by atoms with E-state index in [-0.39, 0.29) is 12.4 Å². The van der Waals surface area contributed by atoms with E-state index in [4.69, 9.17) is 5.11 Å². The number of halogens is 2. The van der Waals surface area contributed by atoms with Gasteiger partial charge >= 0.3 is 0 Å². The standard InChI is InChI=1S/C12H12BrFN2.C2H6O/c1-3-16-12(11(13)8(2)15-16)9-4-6-10(14)7-5-9;1-2-3/h4-7H,3H2,1-2H3;3H,2H2,1H3. The van der Waals surface area contributed by atoms with Gasteiger partial charge in [0.15, 0.2) is 0 Å². The number of rotatable bonds is 2. The fourth-order valence-electron chi connectivity index (χ4n) is 1.67. The lowest BCUT2D eigenvalue weighted by molar-refractivity contribution is 0.318. The Hall–Kier alpha value is -1.20. The second-order valence-corrected chi connectivity index (χ2v) is 4.68. The first kappa shape index (κ1) is 15.9. The van der Waals surface area contributed by atoms with Crippen molar-refractivity contribution >= 4 is 15.9 Å². The number of aliphatic hydroxyl groups is 1. The summed E-state index contributed by atoms with van der Waals surface area (Å²) in [6, 6.07) is 6.46. The molecule has 0 radical (unpaired) electrons. The van der Waals surface area contributed by atoms with Crippen molar-refractivity contribution in [1.29, 1.82) is 0 Å². The molecule has 1 aromatic heterocycles. The number of aryl methyl sites for hydroxylation is 2. The lowest BCUT2D eigenvalue weighted by Crippen LogP contribution is -1.99. The van der Waals surface area contributed by atoms with Crippen LogP contribution >= 0.6 is 15.9 Å². The largest absolute Gasteiger partial charge is 0.397 e. The summed E-state index contributed by atoms with van der Waals surface area (Å²) in [5, 5.41) is 12.0. The Labute approximate surface area is 121 Å². The van der Waals surface area contributed by atoms with Crippen molar-refractivity contribution in [1.82, 2.24) is 9.78 Å². The average molecular weight is 329 g/mol. The third-order valence-corrected chi connectivity index (χ3v) is 3.42. The normalized spacial score (nSPS) is 10.0. The van der Waals surface area contributed by atoms with E-state index in [1.807, 2.05) is 18.5 Å². The van der Waals surface area contributed by atoms with Crippen LogP contribution in [0.15, 0.2) is 28.7 Å². The molecule has 0 spiro atoms. The zero-order chi connectivity index (χ0) is 14.4. The molecule has 0 aliphatic heterocycles. The van der Waals surface area contributed by atoms with Gasteiger partial charge in [0.1, 0.15) is 5.82 Å². The van der Waals surface area contributed by atoms with Gasteiger partial charge < -0.3 is 5.11 Å². The molecule has 104 valence electrons. The Balaban J connectivity index is 0.000000550. The minimum atomic E-state index is -0.223. The number of benzene rings is 1. The average Bonchev–Trinajstić information content (AvgIpc) is 2.68. The van der Waals surface area contributed by atoms with Gasteiger partial charge in [0.2, 0.25) is 0 Å². The molecule has 1 aromatic carbocycles. The van der Waals surface area contributed by atoms with Crippen LogP contribution < -0.4 is 0 Å². The van der Waals surface area contributed by atoms with Crippen LogP contribution in [0.1, 0.15) is 19.5 Å². The first-order chi connectivity index (χ1) is 9.04. The number of hydrogen-bond acceptors (Lipinski definition) is 2. The van der Waals surface area contributed by atoms with Crippen molar-refractivity contribution in [3.8, 4) is 11.3 Å². The minimum absolute atomic E-state index is 0.223. The second kappa shape index (κ2) is 7.40. The van der Waals surface area contributed by atoms with E-state index in [1.54, 1.807) is 19.1 Å². The number of aromatic nitrogens is 2. The highest BCUT2D eigenvalue weighted by atomic mass is 79.9. The van der Waals surface area contributed by atoms with Crippen LogP contribution in [-0.2, 0) is 6.54 Å². The fourth-order valence-corrected chi connectivity index (χ4v) is 2.18. The number of hydrogen-bond donors (Lipinski definition) is 1. The van der Waals surface area contributed by atoms with Crippen LogP contribution in [0.2, 0.25) is 0 Å². The Bertz CT molecular complexity index is 523. The molecule has 0 saturated carbocycles. The van der Waals surface area contributed by atoms with Crippen molar-refractivity contribution in [2.45, 2.75) is 27.3 Å². The van der Waals surface area contributed by atoms with Crippen molar-refractivity contribution in [2.24, 2.45) is 0 Å². The minimum Gasteiger partial charge on any atom is -0.397 e. The Kier molecular flexibility index (Phi) is 6.18. The highest BCUT2D eigenvalue weighted by Crippen LogP contribution is 2.30. The van der Waals surface area contributed by atoms with Crippen LogP contribution in [0.4, 0.5) is 4.39 Å². The molecule has 0 aliphatic carbocycles. The smallest absolute Gasteiger partial charge is 0.123 e. The quantitative estimate of drug-likeness (QED) is 0.911. The van der Waals surface area contributed by atoms with Gasteiger partial charge in [0.25, 0.3) is 0 Å². The first-order valence-corrected chi connectivity index (χ1v) is 6.94. The lowest BCUT2D eigenvalue weighted by atomic mass is 10.1. The van der Waals surface area contributed by atoms with Crippen LogP contribution in [0.3, 0.4) is 0 Å². The molecule has 19 heavy (non-hydrogen) atoms. The molecule has 3 nitrogen and oxygen atoms in total. The lowest BCUT2D eigenvalue weighted by Gasteiger charge is -2.05. The van der Waals surface area contributed by atoms with Crippen molar-refractivity contribution < 1.29 is 9.50 Å². The maximum atomic E-state index is 12.9. The van der Waals surface area contributed by atoms with E-state index >= 15 is 0 Å². The summed E-state index contributed by atoms with van der Waals surface area (Å²) < 4.78 is 15.7. The van der Waals surface area contributed by atoms with E-state index in [0.29, 0.717) is 0 Å². The summed E-state index contributed by atoms with van der Waals surface area (Å²) in [6.07, 6.45) is 0. The third-order valence-electron chi connectivity index (χ3n) is 2.47. The molecular weight excluding hydrogens is 311 g/mol. The predicted molar refractivity (Wildman–Crippen MR) is 78.5 cm³/mol. The summed E-state index contributed by atoms with van der Waals surface area (Å²) in [6.45, 7) is 6.70. The van der Waals surface area contributed by atoms with Gasteiger partial charge in [-0.05, 0) is 61.0 Å². The number of aliphatic hydroxyl groups excluding tert-OH is 1. The van der Waals surface area contributed by atoms with Crippen molar-refractivity contribution in [3.05, 3.63) is 40.2 Å². The van der Waals surface area contributed by atoms with Crippen LogP contribution in [0.5, 0.6) is 0 Å². The molecule has 0 amide bonds. The molecule has 0 fully saturated rings. The fraction of sp³-hybridized carbons (Fsp3) is 0.357. The maximum Gasteiger partial charge on any atom is 0.123 e. The predicted octanol–water partition coefficient (Wildman–Crippen LogP) is 3.78. The molecule has 5 heteroatoms. The summed E-state index contributed by atoms with van der Waals surface area (Å²) in [5.41, 5.74) is 2.91. The molecule has 1 heterocycles. The summed E-state index contributed by atoms with van der Waals surface area (Å²) in [4.78, 5) is 0. The van der Waals surface area contributed by atoms with Gasteiger partial charge in [0.05, 0.1) is 15.9 Å². The van der Waals surface area contributed by atoms with Crippen LogP contribution in [0, 0.1) is 12.7 Å². The van der Waals surface area contributed by atoms with Crippen LogP contribution in [-0.4, -0.2) is 21.5 Å². The van der Waals surface area contributed by atoms with E-state index in [9.17, 15) is 4.39 Å². The van der Waals surface area contributed by atoms with Gasteiger partial charge in [-0.3, -0.25) is 4.68 Å². The highest BCUT2D eigenvalue weighted by molar-refractivity contribution is 9.10. The summed E-state index contributed by atoms with van der Waals surface area (Å²) >= 11 is 3.52. The van der Waals surface area contributed by atoms with Gasteiger partial charge in [-0.15, -0.1) is 0 Å². The maximum absolute atomic E-state index is 12.9. The molecule has 0 atom stereocenters. The van der Waals surface area contributed by atoms with Gasteiger partial charge in [-0.1, -0.05) is 0 Å². The second-order valence-electron chi connectivity index (χ2n) is 3.89. The molecule has 2 rings (SSSR count). The zero-order valence-electron chi connectivity index (χ0n) is 11.3. The SMILES string of the molecule is CCO.CCn1nc(C)c(Br)c1-c1ccc(F)cc1. The summed E-state index contributed by atoms with van der Waals surface area (Å²) in [7, 11) is 0. The van der Waals surface area contributed by atoms with E-state index in [1.165, 1.54) is 12.1 Å². The molecule has 2 aromatic rings. The molecule has 1 N–H and O–H groups in total. The Morgan fingerprint density at radius 3 is 2.26 bits per heavy atom. The summed E-state index contributed by atoms with van der Waals surface area (Å²) in [5.74, 6) is -0.223. The van der Waals surface area contributed by atoms with E-state index in [0.717, 1.165) is 28.0 Å². The molecule has 0 aliphatic rings. The molecule has 0 unspecified atom stereocenters. The van der Waals surface area contributed by atoms with Crippen LogP contribution in [0.25, 0.3) is 11.3 Å². The molecule has 0 bridgehead atoms. The van der Waals surface area contributed by atoms with Crippen molar-refractivity contribution in [2.75, 3.05) is 6.61 Å². The Morgan fingerprint density at radius 1 is 1.26 bits per heavy atom.